The molecule has 1 aromatic heterocycles. The van der Waals surface area contributed by atoms with Crippen LogP contribution in [0.15, 0.2) is 53.7 Å². The maximum Gasteiger partial charge on any atom is 0.338 e. The summed E-state index contributed by atoms with van der Waals surface area (Å²) in [6.45, 7) is 4.01. The van der Waals surface area contributed by atoms with Gasteiger partial charge in [-0.25, -0.2) is 9.59 Å². The van der Waals surface area contributed by atoms with E-state index < -0.39 is 12.0 Å². The van der Waals surface area contributed by atoms with Crippen molar-refractivity contribution in [2.24, 2.45) is 0 Å². The minimum Gasteiger partial charge on any atom is -0.462 e. The predicted octanol–water partition coefficient (Wildman–Crippen LogP) is 3.47. The Balaban J connectivity index is 1.73. The van der Waals surface area contributed by atoms with Crippen molar-refractivity contribution in [2.45, 2.75) is 26.3 Å². The van der Waals surface area contributed by atoms with E-state index in [1.807, 2.05) is 49.4 Å². The number of carbonyl (C=O) groups excluding carboxylic acids is 2. The Morgan fingerprint density at radius 2 is 1.92 bits per heavy atom. The summed E-state index contributed by atoms with van der Waals surface area (Å²) >= 11 is 1.56. The fourth-order valence-electron chi connectivity index (χ4n) is 2.77. The van der Waals surface area contributed by atoms with Crippen molar-refractivity contribution in [3.63, 3.8) is 0 Å². The molecule has 0 saturated heterocycles. The lowest BCUT2D eigenvalue weighted by molar-refractivity contribution is -0.139. The molecule has 0 aliphatic carbocycles. The minimum atomic E-state index is -0.475. The third-order valence-electron chi connectivity index (χ3n) is 4.00. The predicted molar refractivity (Wildman–Crippen MR) is 97.3 cm³/mol. The average molecular weight is 356 g/mol. The van der Waals surface area contributed by atoms with Gasteiger partial charge in [0.15, 0.2) is 0 Å². The monoisotopic (exact) mass is 356 g/mol. The summed E-state index contributed by atoms with van der Waals surface area (Å²) in [5.74, 6) is -0.406. The molecule has 1 unspecified atom stereocenters. The number of thiophene rings is 1. The lowest BCUT2D eigenvalue weighted by Gasteiger charge is -2.27. The average Bonchev–Trinajstić information content (AvgIpc) is 3.01. The van der Waals surface area contributed by atoms with E-state index in [1.165, 1.54) is 0 Å². The molecular weight excluding hydrogens is 336 g/mol. The Morgan fingerprint density at radius 1 is 1.16 bits per heavy atom. The SMILES string of the molecule is CC1=C(C(=O)OCCc2ccccc2)C(c2ccc(C)s2)NC(=O)N1. The fourth-order valence-corrected chi connectivity index (χ4v) is 3.71. The van der Waals surface area contributed by atoms with Crippen molar-refractivity contribution in [3.05, 3.63) is 69.1 Å². The maximum absolute atomic E-state index is 12.6. The van der Waals surface area contributed by atoms with Gasteiger partial charge in [0.1, 0.15) is 0 Å². The number of ether oxygens (including phenoxy) is 1. The summed E-state index contributed by atoms with van der Waals surface area (Å²) in [6, 6.07) is 13.0. The van der Waals surface area contributed by atoms with Crippen LogP contribution in [0.3, 0.4) is 0 Å². The van der Waals surface area contributed by atoms with Crippen LogP contribution in [0.1, 0.15) is 28.3 Å². The van der Waals surface area contributed by atoms with Crippen LogP contribution >= 0.6 is 11.3 Å². The molecule has 0 radical (unpaired) electrons. The number of nitrogens with one attached hydrogen (secondary N) is 2. The Kier molecular flexibility index (Phi) is 5.19. The Morgan fingerprint density at radius 3 is 2.60 bits per heavy atom. The molecule has 0 bridgehead atoms. The molecule has 2 amide bonds. The topological polar surface area (TPSA) is 67.4 Å². The van der Waals surface area contributed by atoms with Crippen molar-refractivity contribution >= 4 is 23.3 Å². The van der Waals surface area contributed by atoms with Gasteiger partial charge < -0.3 is 15.4 Å². The van der Waals surface area contributed by atoms with Crippen LogP contribution in [0.25, 0.3) is 0 Å². The van der Waals surface area contributed by atoms with Gasteiger partial charge in [0.25, 0.3) is 0 Å². The highest BCUT2D eigenvalue weighted by atomic mass is 32.1. The highest BCUT2D eigenvalue weighted by molar-refractivity contribution is 7.12. The number of aryl methyl sites for hydroxylation is 1. The first kappa shape index (κ1) is 17.2. The molecule has 1 atom stereocenters. The van der Waals surface area contributed by atoms with Gasteiger partial charge in [-0.15, -0.1) is 11.3 Å². The number of carbonyl (C=O) groups is 2. The molecular formula is C19H20N2O3S. The zero-order valence-corrected chi connectivity index (χ0v) is 15.0. The van der Waals surface area contributed by atoms with Gasteiger partial charge in [0, 0.05) is 21.9 Å². The molecule has 1 aromatic carbocycles. The summed E-state index contributed by atoms with van der Waals surface area (Å²) < 4.78 is 5.47. The fraction of sp³-hybridized carbons (Fsp3) is 0.263. The van der Waals surface area contributed by atoms with Crippen LogP contribution in [0.2, 0.25) is 0 Å². The van der Waals surface area contributed by atoms with Crippen LogP contribution in [0, 0.1) is 6.92 Å². The van der Waals surface area contributed by atoms with Crippen LogP contribution in [0.5, 0.6) is 0 Å². The Labute approximate surface area is 150 Å². The van der Waals surface area contributed by atoms with Gasteiger partial charge in [0.2, 0.25) is 0 Å². The lowest BCUT2D eigenvalue weighted by Crippen LogP contribution is -2.45. The second-order valence-corrected chi connectivity index (χ2v) is 7.21. The van der Waals surface area contributed by atoms with Gasteiger partial charge in [-0.3, -0.25) is 0 Å². The van der Waals surface area contributed by atoms with E-state index in [-0.39, 0.29) is 6.03 Å². The van der Waals surface area contributed by atoms with Gasteiger partial charge in [0.05, 0.1) is 18.2 Å². The lowest BCUT2D eigenvalue weighted by atomic mass is 10.0. The summed E-state index contributed by atoms with van der Waals surface area (Å²) in [6.07, 6.45) is 0.654. The summed E-state index contributed by atoms with van der Waals surface area (Å²) in [4.78, 5) is 26.5. The zero-order chi connectivity index (χ0) is 17.8. The number of hydrogen-bond acceptors (Lipinski definition) is 4. The third kappa shape index (κ3) is 4.09. The molecule has 25 heavy (non-hydrogen) atoms. The van der Waals surface area contributed by atoms with E-state index in [1.54, 1.807) is 18.3 Å². The highest BCUT2D eigenvalue weighted by Gasteiger charge is 2.32. The summed E-state index contributed by atoms with van der Waals surface area (Å²) in [5.41, 5.74) is 2.10. The smallest absolute Gasteiger partial charge is 0.338 e. The Bertz CT molecular complexity index is 811. The number of allylic oxidation sites excluding steroid dienone is 1. The van der Waals surface area contributed by atoms with Crippen molar-refractivity contribution in [3.8, 4) is 0 Å². The maximum atomic E-state index is 12.6. The van der Waals surface area contributed by atoms with Crippen LogP contribution in [0.4, 0.5) is 4.79 Å². The summed E-state index contributed by atoms with van der Waals surface area (Å²) in [7, 11) is 0. The molecule has 130 valence electrons. The van der Waals surface area contributed by atoms with Crippen molar-refractivity contribution < 1.29 is 14.3 Å². The number of amides is 2. The van der Waals surface area contributed by atoms with Gasteiger partial charge in [-0.1, -0.05) is 30.3 Å². The molecule has 1 aliphatic heterocycles. The first-order valence-electron chi connectivity index (χ1n) is 8.10. The van der Waals surface area contributed by atoms with Crippen LogP contribution in [-0.2, 0) is 16.0 Å². The number of rotatable bonds is 5. The largest absolute Gasteiger partial charge is 0.462 e. The molecule has 0 fully saturated rings. The van der Waals surface area contributed by atoms with E-state index in [2.05, 4.69) is 10.6 Å². The van der Waals surface area contributed by atoms with Gasteiger partial charge in [-0.05, 0) is 31.5 Å². The zero-order valence-electron chi connectivity index (χ0n) is 14.2. The standard InChI is InChI=1S/C19H20N2O3S/c1-12-8-9-15(25-12)17-16(13(2)20-19(23)21-17)18(22)24-11-10-14-6-4-3-5-7-14/h3-9,17H,10-11H2,1-2H3,(H2,20,21,23). The molecule has 1 aliphatic rings. The second kappa shape index (κ2) is 7.53. The number of hydrogen-bond donors (Lipinski definition) is 2. The minimum absolute atomic E-state index is 0.295. The van der Waals surface area contributed by atoms with E-state index in [0.717, 1.165) is 15.3 Å². The van der Waals surface area contributed by atoms with E-state index in [4.69, 9.17) is 4.74 Å². The van der Waals surface area contributed by atoms with Crippen molar-refractivity contribution in [2.75, 3.05) is 6.61 Å². The van der Waals surface area contributed by atoms with Gasteiger partial charge in [-0.2, -0.15) is 0 Å². The van der Waals surface area contributed by atoms with E-state index in [0.29, 0.717) is 24.3 Å². The molecule has 5 nitrogen and oxygen atoms in total. The normalized spacial score (nSPS) is 17.0. The summed E-state index contributed by atoms with van der Waals surface area (Å²) in [5, 5.41) is 5.48. The number of urea groups is 1. The van der Waals surface area contributed by atoms with Crippen molar-refractivity contribution in [1.82, 2.24) is 10.6 Å². The Hall–Kier alpha value is -2.60. The molecule has 2 N–H and O–H groups in total. The number of esters is 1. The molecule has 0 spiro atoms. The first-order valence-corrected chi connectivity index (χ1v) is 8.92. The molecule has 2 heterocycles. The van der Waals surface area contributed by atoms with E-state index in [9.17, 15) is 9.59 Å². The highest BCUT2D eigenvalue weighted by Crippen LogP contribution is 2.32. The molecule has 3 rings (SSSR count). The van der Waals surface area contributed by atoms with Gasteiger partial charge >= 0.3 is 12.0 Å². The first-order chi connectivity index (χ1) is 12.0. The molecule has 6 heteroatoms. The van der Waals surface area contributed by atoms with E-state index >= 15 is 0 Å². The quantitative estimate of drug-likeness (QED) is 0.806. The molecule has 0 saturated carbocycles. The van der Waals surface area contributed by atoms with Crippen LogP contribution in [-0.4, -0.2) is 18.6 Å². The number of benzene rings is 1. The third-order valence-corrected chi connectivity index (χ3v) is 5.07. The second-order valence-electron chi connectivity index (χ2n) is 5.89. The molecule has 2 aromatic rings. The van der Waals surface area contributed by atoms with Crippen LogP contribution < -0.4 is 10.6 Å². The van der Waals surface area contributed by atoms with Crippen molar-refractivity contribution in [1.29, 1.82) is 0 Å².